The lowest BCUT2D eigenvalue weighted by Gasteiger charge is -2.18. The van der Waals surface area contributed by atoms with E-state index in [4.69, 9.17) is 4.74 Å². The monoisotopic (exact) mass is 456 g/mol. The smallest absolute Gasteiger partial charge is 0.328 e. The topological polar surface area (TPSA) is 92.8 Å². The van der Waals surface area contributed by atoms with Crippen LogP contribution in [-0.2, 0) is 22.5 Å². The molecule has 7 nitrogen and oxygen atoms in total. The van der Waals surface area contributed by atoms with E-state index >= 15 is 0 Å². The first-order valence-electron chi connectivity index (χ1n) is 11.0. The van der Waals surface area contributed by atoms with Crippen molar-refractivity contribution in [2.24, 2.45) is 0 Å². The molecule has 0 spiro atoms. The van der Waals surface area contributed by atoms with E-state index in [1.165, 1.54) is 4.90 Å². The molecule has 1 heterocycles. The molecule has 0 saturated heterocycles. The zero-order valence-electron chi connectivity index (χ0n) is 18.7. The van der Waals surface area contributed by atoms with Gasteiger partial charge < -0.3 is 10.1 Å². The molecule has 3 aromatic carbocycles. The average molecular weight is 456 g/mol. The highest BCUT2D eigenvalue weighted by Crippen LogP contribution is 2.24. The van der Waals surface area contributed by atoms with Crippen LogP contribution in [0.15, 0.2) is 78.9 Å². The Labute approximate surface area is 197 Å². The van der Waals surface area contributed by atoms with Gasteiger partial charge in [-0.1, -0.05) is 54.6 Å². The molecule has 3 aromatic rings. The van der Waals surface area contributed by atoms with Crippen molar-refractivity contribution in [2.45, 2.75) is 25.9 Å². The van der Waals surface area contributed by atoms with E-state index in [9.17, 15) is 19.2 Å². The Balaban J connectivity index is 1.43. The molecule has 34 heavy (non-hydrogen) atoms. The van der Waals surface area contributed by atoms with Crippen molar-refractivity contribution in [2.75, 3.05) is 6.61 Å². The van der Waals surface area contributed by atoms with Gasteiger partial charge in [-0.25, -0.2) is 4.79 Å². The van der Waals surface area contributed by atoms with Crippen molar-refractivity contribution in [1.29, 1.82) is 0 Å². The number of rotatable bonds is 8. The summed E-state index contributed by atoms with van der Waals surface area (Å²) in [6.45, 7) is 2.03. The number of fused-ring (bicyclic) bond motifs is 1. The summed E-state index contributed by atoms with van der Waals surface area (Å²) in [6, 6.07) is 21.9. The van der Waals surface area contributed by atoms with Crippen LogP contribution >= 0.6 is 0 Å². The summed E-state index contributed by atoms with van der Waals surface area (Å²) >= 11 is 0. The number of nitrogens with one attached hydrogen (secondary N) is 1. The first-order valence-corrected chi connectivity index (χ1v) is 11.0. The molecule has 1 N–H and O–H groups in total. The zero-order valence-corrected chi connectivity index (χ0v) is 18.7. The van der Waals surface area contributed by atoms with Crippen LogP contribution in [0.1, 0.15) is 49.1 Å². The Morgan fingerprint density at radius 3 is 2.00 bits per heavy atom. The second kappa shape index (κ2) is 10.1. The van der Waals surface area contributed by atoms with Crippen molar-refractivity contribution in [1.82, 2.24) is 10.2 Å². The molecule has 0 bridgehead atoms. The zero-order chi connectivity index (χ0) is 24.1. The van der Waals surface area contributed by atoms with Crippen molar-refractivity contribution < 1.29 is 23.9 Å². The van der Waals surface area contributed by atoms with Crippen LogP contribution < -0.4 is 5.32 Å². The van der Waals surface area contributed by atoms with E-state index in [-0.39, 0.29) is 25.0 Å². The lowest BCUT2D eigenvalue weighted by atomic mass is 10.0. The molecule has 1 aliphatic rings. The highest BCUT2D eigenvalue weighted by molar-refractivity contribution is 6.21. The Kier molecular flexibility index (Phi) is 6.82. The Bertz CT molecular complexity index is 1190. The van der Waals surface area contributed by atoms with Gasteiger partial charge in [0.1, 0.15) is 6.04 Å². The SMILES string of the molecule is CCOC(=O)C(Cc1ccccc1)NC(=O)c1ccc(CN2C(=O)c3ccccc3C2=O)cc1. The predicted octanol–water partition coefficient (Wildman–Crippen LogP) is 3.39. The molecule has 7 heteroatoms. The Morgan fingerprint density at radius 1 is 0.824 bits per heavy atom. The average Bonchev–Trinajstić information content (AvgIpc) is 3.10. The number of nitrogens with zero attached hydrogens (tertiary/aromatic N) is 1. The Morgan fingerprint density at radius 2 is 1.41 bits per heavy atom. The first-order chi connectivity index (χ1) is 16.5. The third-order valence-electron chi connectivity index (χ3n) is 5.59. The van der Waals surface area contributed by atoms with Crippen LogP contribution in [0.5, 0.6) is 0 Å². The number of amides is 3. The molecular weight excluding hydrogens is 432 g/mol. The minimum Gasteiger partial charge on any atom is -0.464 e. The van der Waals surface area contributed by atoms with Crippen molar-refractivity contribution >= 4 is 23.7 Å². The van der Waals surface area contributed by atoms with Gasteiger partial charge in [0, 0.05) is 12.0 Å². The molecule has 4 rings (SSSR count). The highest BCUT2D eigenvalue weighted by atomic mass is 16.5. The van der Waals surface area contributed by atoms with Crippen LogP contribution in [-0.4, -0.2) is 41.2 Å². The molecule has 0 radical (unpaired) electrons. The molecule has 172 valence electrons. The van der Waals surface area contributed by atoms with Crippen molar-refractivity contribution in [3.63, 3.8) is 0 Å². The van der Waals surface area contributed by atoms with Crippen molar-refractivity contribution in [3.05, 3.63) is 107 Å². The number of carbonyl (C=O) groups excluding carboxylic acids is 4. The Hall–Kier alpha value is -4.26. The summed E-state index contributed by atoms with van der Waals surface area (Å²) in [4.78, 5) is 51.6. The van der Waals surface area contributed by atoms with E-state index < -0.39 is 17.9 Å². The van der Waals surface area contributed by atoms with Gasteiger partial charge in [0.05, 0.1) is 24.3 Å². The lowest BCUT2D eigenvalue weighted by Crippen LogP contribution is -2.43. The fourth-order valence-electron chi connectivity index (χ4n) is 3.85. The molecule has 1 unspecified atom stereocenters. The minimum absolute atomic E-state index is 0.105. The minimum atomic E-state index is -0.826. The predicted molar refractivity (Wildman–Crippen MR) is 125 cm³/mol. The molecule has 3 amide bonds. The molecule has 0 fully saturated rings. The van der Waals surface area contributed by atoms with Crippen LogP contribution in [0, 0.1) is 0 Å². The molecule has 1 atom stereocenters. The second-order valence-electron chi connectivity index (χ2n) is 7.91. The summed E-state index contributed by atoms with van der Waals surface area (Å²) in [7, 11) is 0. The van der Waals surface area contributed by atoms with Crippen LogP contribution in [0.25, 0.3) is 0 Å². The first kappa shape index (κ1) is 22.9. The van der Waals surface area contributed by atoms with E-state index in [1.54, 1.807) is 55.5 Å². The van der Waals surface area contributed by atoms with Gasteiger partial charge in [0.25, 0.3) is 17.7 Å². The molecular formula is C27H24N2O5. The van der Waals surface area contributed by atoms with Crippen molar-refractivity contribution in [3.8, 4) is 0 Å². The number of ether oxygens (including phenoxy) is 1. The molecule has 0 aliphatic carbocycles. The summed E-state index contributed by atoms with van der Waals surface area (Å²) in [5.41, 5.74) is 2.75. The number of carbonyl (C=O) groups is 4. The summed E-state index contributed by atoms with van der Waals surface area (Å²) < 4.78 is 5.13. The normalized spacial score (nSPS) is 13.4. The van der Waals surface area contributed by atoms with Gasteiger partial charge in [-0.3, -0.25) is 19.3 Å². The van der Waals surface area contributed by atoms with Gasteiger partial charge in [-0.05, 0) is 42.3 Å². The maximum Gasteiger partial charge on any atom is 0.328 e. The molecule has 0 aromatic heterocycles. The largest absolute Gasteiger partial charge is 0.464 e. The molecule has 0 saturated carbocycles. The third-order valence-corrected chi connectivity index (χ3v) is 5.59. The third kappa shape index (κ3) is 4.88. The van der Waals surface area contributed by atoms with E-state index in [0.717, 1.165) is 5.56 Å². The number of hydrogen-bond acceptors (Lipinski definition) is 5. The highest BCUT2D eigenvalue weighted by Gasteiger charge is 2.35. The van der Waals surface area contributed by atoms with Gasteiger partial charge >= 0.3 is 5.97 Å². The van der Waals surface area contributed by atoms with E-state index in [0.29, 0.717) is 28.7 Å². The van der Waals surface area contributed by atoms with Gasteiger partial charge in [0.15, 0.2) is 0 Å². The maximum absolute atomic E-state index is 12.8. The van der Waals surface area contributed by atoms with Crippen LogP contribution in [0.4, 0.5) is 0 Å². The van der Waals surface area contributed by atoms with E-state index in [1.807, 2.05) is 30.3 Å². The number of esters is 1. The van der Waals surface area contributed by atoms with Crippen LogP contribution in [0.2, 0.25) is 0 Å². The maximum atomic E-state index is 12.8. The summed E-state index contributed by atoms with van der Waals surface area (Å²) in [5.74, 6) is -1.58. The summed E-state index contributed by atoms with van der Waals surface area (Å²) in [6.07, 6.45) is 0.309. The number of benzene rings is 3. The van der Waals surface area contributed by atoms with Gasteiger partial charge in [-0.15, -0.1) is 0 Å². The fourth-order valence-corrected chi connectivity index (χ4v) is 3.85. The lowest BCUT2D eigenvalue weighted by molar-refractivity contribution is -0.145. The van der Waals surface area contributed by atoms with Gasteiger partial charge in [-0.2, -0.15) is 0 Å². The standard InChI is InChI=1S/C27H24N2O5/c1-2-34-27(33)23(16-18-8-4-3-5-9-18)28-24(30)20-14-12-19(13-15-20)17-29-25(31)21-10-6-7-11-22(21)26(29)32/h3-15,23H,2,16-17H2,1H3,(H,28,30). The molecule has 1 aliphatic heterocycles. The number of imide groups is 1. The van der Waals surface area contributed by atoms with Gasteiger partial charge in [0.2, 0.25) is 0 Å². The fraction of sp³-hybridized carbons (Fsp3) is 0.185. The number of hydrogen-bond donors (Lipinski definition) is 1. The summed E-state index contributed by atoms with van der Waals surface area (Å²) in [5, 5.41) is 2.75. The quantitative estimate of drug-likeness (QED) is 0.414. The van der Waals surface area contributed by atoms with E-state index in [2.05, 4.69) is 5.32 Å². The van der Waals surface area contributed by atoms with Crippen LogP contribution in [0.3, 0.4) is 0 Å². The second-order valence-corrected chi connectivity index (χ2v) is 7.91.